The van der Waals surface area contributed by atoms with Gasteiger partial charge >= 0.3 is 0 Å². The molecule has 3 nitrogen and oxygen atoms in total. The summed E-state index contributed by atoms with van der Waals surface area (Å²) in [7, 11) is 3.84. The second kappa shape index (κ2) is 5.41. The van der Waals surface area contributed by atoms with E-state index in [1.165, 1.54) is 11.4 Å². The van der Waals surface area contributed by atoms with Gasteiger partial charge in [0.1, 0.15) is 5.75 Å². The van der Waals surface area contributed by atoms with E-state index < -0.39 is 0 Å². The highest BCUT2D eigenvalue weighted by Crippen LogP contribution is 2.41. The molecule has 1 saturated heterocycles. The molecule has 0 saturated carbocycles. The number of rotatable bonds is 4. The quantitative estimate of drug-likeness (QED) is 0.908. The first kappa shape index (κ1) is 13.6. The molecule has 0 aromatic heterocycles. The van der Waals surface area contributed by atoms with Crippen LogP contribution in [0.25, 0.3) is 0 Å². The van der Waals surface area contributed by atoms with Crippen molar-refractivity contribution in [2.75, 3.05) is 31.4 Å². The number of methoxy groups -OCH3 is 1. The third kappa shape index (κ3) is 2.19. The molecule has 1 aromatic rings. The van der Waals surface area contributed by atoms with E-state index in [9.17, 15) is 0 Å². The van der Waals surface area contributed by atoms with Gasteiger partial charge in [-0.3, -0.25) is 0 Å². The summed E-state index contributed by atoms with van der Waals surface area (Å²) in [6.07, 6.45) is 1.14. The van der Waals surface area contributed by atoms with Crippen LogP contribution in [0.5, 0.6) is 5.75 Å². The molecule has 0 bridgehead atoms. The van der Waals surface area contributed by atoms with Crippen molar-refractivity contribution >= 4 is 17.4 Å². The third-order valence-corrected chi connectivity index (χ3v) is 5.50. The molecule has 100 valence electrons. The molecule has 2 rings (SSSR count). The first-order valence-corrected chi connectivity index (χ1v) is 7.38. The summed E-state index contributed by atoms with van der Waals surface area (Å²) >= 11 is 2.01. The number of nitrogens with two attached hydrogens (primary N) is 1. The molecule has 2 N–H and O–H groups in total. The van der Waals surface area contributed by atoms with E-state index in [2.05, 4.69) is 31.0 Å². The van der Waals surface area contributed by atoms with Crippen molar-refractivity contribution in [2.45, 2.75) is 24.1 Å². The van der Waals surface area contributed by atoms with Crippen LogP contribution in [0.2, 0.25) is 0 Å². The Morgan fingerprint density at radius 2 is 2.33 bits per heavy atom. The smallest absolute Gasteiger partial charge is 0.120 e. The van der Waals surface area contributed by atoms with Gasteiger partial charge in [0.05, 0.1) is 12.6 Å². The average molecular weight is 266 g/mol. The molecule has 4 heteroatoms. The number of benzene rings is 1. The largest absolute Gasteiger partial charge is 0.497 e. The minimum Gasteiger partial charge on any atom is -0.497 e. The normalized spacial score (nSPS) is 27.2. The van der Waals surface area contributed by atoms with Crippen LogP contribution in [-0.4, -0.2) is 37.2 Å². The molecule has 0 amide bonds. The van der Waals surface area contributed by atoms with Gasteiger partial charge in [0.25, 0.3) is 0 Å². The first-order chi connectivity index (χ1) is 8.64. The predicted molar refractivity (Wildman–Crippen MR) is 79.7 cm³/mol. The van der Waals surface area contributed by atoms with Gasteiger partial charge in [-0.15, -0.1) is 0 Å². The minimum atomic E-state index is 0.0665. The van der Waals surface area contributed by atoms with E-state index in [4.69, 9.17) is 10.5 Å². The summed E-state index contributed by atoms with van der Waals surface area (Å²) in [5.74, 6) is 2.08. The summed E-state index contributed by atoms with van der Waals surface area (Å²) in [6.45, 7) is 2.97. The summed E-state index contributed by atoms with van der Waals surface area (Å²) in [5, 5.41) is 0.554. The van der Waals surface area contributed by atoms with Crippen LogP contribution < -0.4 is 15.4 Å². The Morgan fingerprint density at radius 3 is 2.89 bits per heavy atom. The average Bonchev–Trinajstić information content (AvgIpc) is 2.80. The van der Waals surface area contributed by atoms with Gasteiger partial charge < -0.3 is 15.4 Å². The van der Waals surface area contributed by atoms with E-state index in [-0.39, 0.29) is 5.54 Å². The van der Waals surface area contributed by atoms with Crippen molar-refractivity contribution in [3.05, 3.63) is 24.3 Å². The Kier molecular flexibility index (Phi) is 4.07. The van der Waals surface area contributed by atoms with Gasteiger partial charge in [0, 0.05) is 30.6 Å². The molecule has 0 radical (unpaired) electrons. The van der Waals surface area contributed by atoms with Crippen LogP contribution in [0, 0.1) is 0 Å². The second-order valence-electron chi connectivity index (χ2n) is 4.83. The maximum atomic E-state index is 6.08. The fourth-order valence-electron chi connectivity index (χ4n) is 2.69. The van der Waals surface area contributed by atoms with Crippen molar-refractivity contribution in [1.29, 1.82) is 0 Å². The number of nitrogens with zero attached hydrogens (tertiary/aromatic N) is 1. The molecule has 1 heterocycles. The van der Waals surface area contributed by atoms with Crippen LogP contribution in [0.4, 0.5) is 5.69 Å². The molecule has 1 fully saturated rings. The van der Waals surface area contributed by atoms with Gasteiger partial charge in [0.15, 0.2) is 0 Å². The predicted octanol–water partition coefficient (Wildman–Crippen LogP) is 2.35. The van der Waals surface area contributed by atoms with E-state index >= 15 is 0 Å². The number of hydrogen-bond donors (Lipinski definition) is 1. The zero-order valence-electron chi connectivity index (χ0n) is 11.3. The molecular weight excluding hydrogens is 244 g/mol. The third-order valence-electron chi connectivity index (χ3n) is 4.12. The lowest BCUT2D eigenvalue weighted by atomic mass is 9.90. The molecule has 1 aliphatic rings. The Balaban J connectivity index is 2.31. The van der Waals surface area contributed by atoms with Crippen molar-refractivity contribution in [3.63, 3.8) is 0 Å². The van der Waals surface area contributed by atoms with E-state index in [1.807, 2.05) is 23.9 Å². The second-order valence-corrected chi connectivity index (χ2v) is 6.28. The Bertz CT molecular complexity index is 413. The SMILES string of the molecule is COc1cccc(N(C)C2(CN)CCSC2C)c1. The van der Waals surface area contributed by atoms with E-state index in [0.717, 1.165) is 12.2 Å². The summed E-state index contributed by atoms with van der Waals surface area (Å²) in [5.41, 5.74) is 7.32. The zero-order chi connectivity index (χ0) is 13.2. The molecule has 0 aliphatic carbocycles. The molecular formula is C14H22N2OS. The van der Waals surface area contributed by atoms with E-state index in [0.29, 0.717) is 11.8 Å². The molecule has 2 unspecified atom stereocenters. The number of hydrogen-bond acceptors (Lipinski definition) is 4. The van der Waals surface area contributed by atoms with Gasteiger partial charge in [-0.2, -0.15) is 11.8 Å². The van der Waals surface area contributed by atoms with Crippen LogP contribution in [0.15, 0.2) is 24.3 Å². The number of thioether (sulfide) groups is 1. The molecule has 1 aromatic carbocycles. The number of anilines is 1. The van der Waals surface area contributed by atoms with Crippen LogP contribution in [0.1, 0.15) is 13.3 Å². The number of likely N-dealkylation sites (N-methyl/N-ethyl adjacent to an activating group) is 1. The van der Waals surface area contributed by atoms with Gasteiger partial charge in [-0.1, -0.05) is 13.0 Å². The van der Waals surface area contributed by atoms with Gasteiger partial charge in [0.2, 0.25) is 0 Å². The minimum absolute atomic E-state index is 0.0665. The monoisotopic (exact) mass is 266 g/mol. The number of ether oxygens (including phenoxy) is 1. The lowest BCUT2D eigenvalue weighted by Gasteiger charge is -2.42. The summed E-state index contributed by atoms with van der Waals surface area (Å²) in [4.78, 5) is 2.33. The van der Waals surface area contributed by atoms with Crippen LogP contribution >= 0.6 is 11.8 Å². The Labute approximate surface area is 114 Å². The van der Waals surface area contributed by atoms with Crippen molar-refractivity contribution in [2.24, 2.45) is 5.73 Å². The Morgan fingerprint density at radius 1 is 1.56 bits per heavy atom. The molecule has 2 atom stereocenters. The maximum Gasteiger partial charge on any atom is 0.120 e. The molecule has 0 spiro atoms. The van der Waals surface area contributed by atoms with Gasteiger partial charge in [-0.25, -0.2) is 0 Å². The van der Waals surface area contributed by atoms with Gasteiger partial charge in [-0.05, 0) is 24.3 Å². The Hall–Kier alpha value is -0.870. The first-order valence-electron chi connectivity index (χ1n) is 6.33. The molecule has 1 aliphatic heterocycles. The maximum absolute atomic E-state index is 6.08. The summed E-state index contributed by atoms with van der Waals surface area (Å²) < 4.78 is 5.30. The highest BCUT2D eigenvalue weighted by Gasteiger charge is 2.43. The van der Waals surface area contributed by atoms with Crippen LogP contribution in [-0.2, 0) is 0 Å². The van der Waals surface area contributed by atoms with Crippen molar-refractivity contribution in [1.82, 2.24) is 0 Å². The highest BCUT2D eigenvalue weighted by molar-refractivity contribution is 8.00. The lowest BCUT2D eigenvalue weighted by molar-refractivity contribution is 0.407. The topological polar surface area (TPSA) is 38.5 Å². The standard InChI is InChI=1S/C14H22N2OS/c1-11-14(10-15,7-8-18-11)16(2)12-5-4-6-13(9-12)17-3/h4-6,9,11H,7-8,10,15H2,1-3H3. The fraction of sp³-hybridized carbons (Fsp3) is 0.571. The highest BCUT2D eigenvalue weighted by atomic mass is 32.2. The fourth-order valence-corrected chi connectivity index (χ4v) is 4.20. The zero-order valence-corrected chi connectivity index (χ0v) is 12.2. The van der Waals surface area contributed by atoms with Crippen LogP contribution in [0.3, 0.4) is 0 Å². The van der Waals surface area contributed by atoms with Crippen molar-refractivity contribution in [3.8, 4) is 5.75 Å². The molecule has 18 heavy (non-hydrogen) atoms. The van der Waals surface area contributed by atoms with Crippen molar-refractivity contribution < 1.29 is 4.74 Å². The van der Waals surface area contributed by atoms with E-state index in [1.54, 1.807) is 7.11 Å². The summed E-state index contributed by atoms with van der Waals surface area (Å²) in [6, 6.07) is 8.20. The lowest BCUT2D eigenvalue weighted by Crippen LogP contribution is -2.56.